The number of carbonyl (C=O) groups is 1. The average Bonchev–Trinajstić information content (AvgIpc) is 3.35. The second-order valence-electron chi connectivity index (χ2n) is 6.79. The van der Waals surface area contributed by atoms with Crippen molar-refractivity contribution in [3.63, 3.8) is 0 Å². The summed E-state index contributed by atoms with van der Waals surface area (Å²) in [4.78, 5) is 28.2. The topological polar surface area (TPSA) is 106 Å². The third-order valence-corrected chi connectivity index (χ3v) is 5.48. The first kappa shape index (κ1) is 19.7. The molecule has 4 aromatic rings. The molecule has 0 fully saturated rings. The molecule has 30 heavy (non-hydrogen) atoms. The molecule has 2 N–H and O–H groups in total. The number of aromatic amines is 1. The van der Waals surface area contributed by atoms with E-state index in [-0.39, 0.29) is 11.5 Å². The van der Waals surface area contributed by atoms with Crippen molar-refractivity contribution in [2.24, 2.45) is 0 Å². The van der Waals surface area contributed by atoms with E-state index in [1.807, 2.05) is 6.92 Å². The molecule has 8 nitrogen and oxygen atoms in total. The second kappa shape index (κ2) is 8.42. The lowest BCUT2D eigenvalue weighted by Crippen LogP contribution is -2.26. The largest absolute Gasteiger partial charge is 0.352 e. The quantitative estimate of drug-likeness (QED) is 0.499. The number of nitrogens with zero attached hydrogens (tertiary/aromatic N) is 4. The van der Waals surface area contributed by atoms with Crippen LogP contribution in [0.2, 0.25) is 0 Å². The van der Waals surface area contributed by atoms with Crippen molar-refractivity contribution in [2.45, 2.75) is 20.3 Å². The Labute approximate surface area is 176 Å². The van der Waals surface area contributed by atoms with Crippen molar-refractivity contribution in [3.8, 4) is 17.1 Å². The Bertz CT molecular complexity index is 1220. The zero-order valence-electron chi connectivity index (χ0n) is 16.5. The van der Waals surface area contributed by atoms with Crippen LogP contribution in [-0.4, -0.2) is 37.4 Å². The van der Waals surface area contributed by atoms with Gasteiger partial charge in [-0.15, -0.1) is 11.3 Å². The summed E-state index contributed by atoms with van der Waals surface area (Å²) >= 11 is 1.64. The van der Waals surface area contributed by atoms with Crippen molar-refractivity contribution in [1.82, 2.24) is 30.3 Å². The molecule has 1 amide bonds. The second-order valence-corrected chi connectivity index (χ2v) is 7.85. The molecule has 0 saturated carbocycles. The smallest absolute Gasteiger partial charge is 0.264 e. The number of thiazole rings is 1. The van der Waals surface area contributed by atoms with Gasteiger partial charge >= 0.3 is 0 Å². The van der Waals surface area contributed by atoms with Crippen LogP contribution in [-0.2, 0) is 6.42 Å². The first-order chi connectivity index (χ1) is 14.5. The highest BCUT2D eigenvalue weighted by atomic mass is 32.1. The Morgan fingerprint density at radius 1 is 1.17 bits per heavy atom. The van der Waals surface area contributed by atoms with E-state index >= 15 is 0 Å². The normalized spacial score (nSPS) is 10.9. The van der Waals surface area contributed by atoms with Gasteiger partial charge in [0.1, 0.15) is 0 Å². The van der Waals surface area contributed by atoms with Gasteiger partial charge in [0.2, 0.25) is 0 Å². The molecule has 1 aromatic carbocycles. The fraction of sp³-hybridized carbons (Fsp3) is 0.190. The molecular formula is C21H20N6O2S. The molecule has 0 spiro atoms. The van der Waals surface area contributed by atoms with Crippen LogP contribution in [0.3, 0.4) is 0 Å². The molecule has 3 heterocycles. The first-order valence-electron chi connectivity index (χ1n) is 9.41. The molecule has 0 saturated heterocycles. The highest BCUT2D eigenvalue weighted by Crippen LogP contribution is 2.21. The summed E-state index contributed by atoms with van der Waals surface area (Å²) in [7, 11) is 0. The average molecular weight is 420 g/mol. The van der Waals surface area contributed by atoms with Crippen LogP contribution in [0.25, 0.3) is 17.1 Å². The van der Waals surface area contributed by atoms with Gasteiger partial charge in [-0.2, -0.15) is 10.2 Å². The van der Waals surface area contributed by atoms with Crippen LogP contribution in [0.5, 0.6) is 0 Å². The number of aromatic nitrogens is 5. The molecule has 0 aliphatic carbocycles. The Morgan fingerprint density at radius 3 is 2.63 bits per heavy atom. The SMILES string of the molecule is Cc1nc(-c2ccc(CCNC(=O)c3cnn(-c4ccc(=O)[nH]n4)c3C)cc2)cs1. The predicted molar refractivity (Wildman–Crippen MR) is 115 cm³/mol. The minimum absolute atomic E-state index is 0.197. The molecule has 0 unspecified atom stereocenters. The van der Waals surface area contributed by atoms with Crippen molar-refractivity contribution < 1.29 is 4.79 Å². The number of hydrogen-bond acceptors (Lipinski definition) is 6. The van der Waals surface area contributed by atoms with Gasteiger partial charge in [0, 0.05) is 23.6 Å². The zero-order chi connectivity index (χ0) is 21.1. The van der Waals surface area contributed by atoms with Crippen molar-refractivity contribution in [1.29, 1.82) is 0 Å². The van der Waals surface area contributed by atoms with E-state index in [0.717, 1.165) is 28.2 Å². The van der Waals surface area contributed by atoms with Gasteiger partial charge in [-0.1, -0.05) is 24.3 Å². The molecular weight excluding hydrogens is 400 g/mol. The number of amides is 1. The Morgan fingerprint density at radius 2 is 1.97 bits per heavy atom. The maximum Gasteiger partial charge on any atom is 0.264 e. The van der Waals surface area contributed by atoms with Gasteiger partial charge in [-0.3, -0.25) is 9.59 Å². The Hall–Kier alpha value is -3.59. The van der Waals surface area contributed by atoms with E-state index in [2.05, 4.69) is 55.2 Å². The molecule has 0 atom stereocenters. The third-order valence-electron chi connectivity index (χ3n) is 4.70. The molecule has 152 valence electrons. The lowest BCUT2D eigenvalue weighted by atomic mass is 10.1. The van der Waals surface area contributed by atoms with E-state index in [4.69, 9.17) is 0 Å². The maximum absolute atomic E-state index is 12.5. The first-order valence-corrected chi connectivity index (χ1v) is 10.3. The highest BCUT2D eigenvalue weighted by Gasteiger charge is 2.15. The maximum atomic E-state index is 12.5. The molecule has 3 aromatic heterocycles. The van der Waals surface area contributed by atoms with Gasteiger partial charge in [0.25, 0.3) is 11.5 Å². The number of nitrogens with one attached hydrogen (secondary N) is 2. The van der Waals surface area contributed by atoms with Gasteiger partial charge in [-0.05, 0) is 31.9 Å². The van der Waals surface area contributed by atoms with Gasteiger partial charge < -0.3 is 5.32 Å². The van der Waals surface area contributed by atoms with Crippen LogP contribution in [0.4, 0.5) is 0 Å². The van der Waals surface area contributed by atoms with E-state index in [0.29, 0.717) is 23.6 Å². The molecule has 9 heteroatoms. The number of H-pyrrole nitrogens is 1. The van der Waals surface area contributed by atoms with Crippen LogP contribution in [0.15, 0.2) is 52.8 Å². The Kier molecular flexibility index (Phi) is 5.53. The fourth-order valence-electron chi connectivity index (χ4n) is 3.07. The zero-order valence-corrected chi connectivity index (χ0v) is 17.4. The predicted octanol–water partition coefficient (Wildman–Crippen LogP) is 2.67. The van der Waals surface area contributed by atoms with Gasteiger partial charge in [0.15, 0.2) is 5.82 Å². The molecule has 0 radical (unpaired) electrons. The summed E-state index contributed by atoms with van der Waals surface area (Å²) in [6.07, 6.45) is 2.22. The number of aryl methyl sites for hydroxylation is 1. The van der Waals surface area contributed by atoms with Crippen molar-refractivity contribution in [3.05, 3.63) is 80.2 Å². The van der Waals surface area contributed by atoms with E-state index < -0.39 is 0 Å². The van der Waals surface area contributed by atoms with Crippen LogP contribution in [0, 0.1) is 13.8 Å². The summed E-state index contributed by atoms with van der Waals surface area (Å²) < 4.78 is 1.52. The van der Waals surface area contributed by atoms with Gasteiger partial charge in [-0.25, -0.2) is 14.8 Å². The number of rotatable bonds is 6. The fourth-order valence-corrected chi connectivity index (χ4v) is 3.69. The standard InChI is InChI=1S/C21H20N6O2S/c1-13-17(11-23-27(13)19-7-8-20(28)26-25-19)21(29)22-10-9-15-3-5-16(6-4-15)18-12-30-14(2)24-18/h3-8,11-12H,9-10H2,1-2H3,(H,22,29)(H,26,28). The molecule has 0 aliphatic heterocycles. The monoisotopic (exact) mass is 420 g/mol. The van der Waals surface area contributed by atoms with Crippen molar-refractivity contribution in [2.75, 3.05) is 6.54 Å². The van der Waals surface area contributed by atoms with Crippen LogP contribution >= 0.6 is 11.3 Å². The minimum atomic E-state index is -0.295. The van der Waals surface area contributed by atoms with Gasteiger partial charge in [0.05, 0.1) is 28.2 Å². The lowest BCUT2D eigenvalue weighted by molar-refractivity contribution is 0.0953. The molecule has 0 bridgehead atoms. The van der Waals surface area contributed by atoms with Crippen LogP contribution in [0.1, 0.15) is 26.6 Å². The van der Waals surface area contributed by atoms with Crippen LogP contribution < -0.4 is 10.9 Å². The summed E-state index contributed by atoms with van der Waals surface area (Å²) in [6, 6.07) is 11.1. The molecule has 4 rings (SSSR count). The minimum Gasteiger partial charge on any atom is -0.352 e. The number of hydrogen-bond donors (Lipinski definition) is 2. The van der Waals surface area contributed by atoms with Crippen molar-refractivity contribution >= 4 is 17.2 Å². The lowest BCUT2D eigenvalue weighted by Gasteiger charge is -2.07. The number of carbonyl (C=O) groups excluding carboxylic acids is 1. The Balaban J connectivity index is 1.36. The third kappa shape index (κ3) is 4.20. The summed E-state index contributed by atoms with van der Waals surface area (Å²) in [5.41, 5.74) is 4.03. The summed E-state index contributed by atoms with van der Waals surface area (Å²) in [5, 5.41) is 16.5. The highest BCUT2D eigenvalue weighted by molar-refractivity contribution is 7.09. The molecule has 0 aliphatic rings. The van der Waals surface area contributed by atoms with E-state index in [1.54, 1.807) is 24.3 Å². The summed E-state index contributed by atoms with van der Waals surface area (Å²) in [6.45, 7) is 4.29. The van der Waals surface area contributed by atoms with E-state index in [1.165, 1.54) is 16.9 Å². The van der Waals surface area contributed by atoms with E-state index in [9.17, 15) is 9.59 Å². The number of benzene rings is 1. The summed E-state index contributed by atoms with van der Waals surface area (Å²) in [5.74, 6) is 0.249.